The number of hydrogen-bond acceptors (Lipinski definition) is 4. The molecule has 0 saturated heterocycles. The van der Waals surface area contributed by atoms with Gasteiger partial charge in [0.1, 0.15) is 11.3 Å². The number of nitrogens with zero attached hydrogens (tertiary/aromatic N) is 3. The van der Waals surface area contributed by atoms with E-state index in [9.17, 15) is 0 Å². The number of fused-ring (bicyclic) bond motifs is 1. The fraction of sp³-hybridized carbons (Fsp3) is 0.154. The maximum absolute atomic E-state index is 5.86. The molecule has 0 aliphatic carbocycles. The number of halogens is 1. The van der Waals surface area contributed by atoms with Gasteiger partial charge in [0.25, 0.3) is 0 Å². The molecule has 19 heavy (non-hydrogen) atoms. The number of anilines is 1. The zero-order chi connectivity index (χ0) is 13.2. The summed E-state index contributed by atoms with van der Waals surface area (Å²) in [6.45, 7) is 2.52. The lowest BCUT2D eigenvalue weighted by Crippen LogP contribution is -2.04. The van der Waals surface area contributed by atoms with Crippen LogP contribution >= 0.6 is 11.6 Å². The number of nitrogens with one attached hydrogen (secondary N) is 2. The molecule has 0 spiro atoms. The van der Waals surface area contributed by atoms with Crippen molar-refractivity contribution in [2.45, 2.75) is 13.5 Å². The van der Waals surface area contributed by atoms with E-state index in [1.807, 2.05) is 31.2 Å². The first-order valence-corrected chi connectivity index (χ1v) is 6.26. The van der Waals surface area contributed by atoms with E-state index in [1.54, 1.807) is 6.33 Å². The van der Waals surface area contributed by atoms with Crippen LogP contribution < -0.4 is 5.32 Å². The number of imidazole rings is 1. The van der Waals surface area contributed by atoms with Crippen LogP contribution in [-0.4, -0.2) is 19.9 Å². The maximum atomic E-state index is 5.86. The zero-order valence-electron chi connectivity index (χ0n) is 10.3. The second-order valence-corrected chi connectivity index (χ2v) is 4.64. The average molecular weight is 274 g/mol. The summed E-state index contributed by atoms with van der Waals surface area (Å²) >= 11 is 5.86. The van der Waals surface area contributed by atoms with Crippen molar-refractivity contribution in [2.24, 2.45) is 0 Å². The Morgan fingerprint density at radius 3 is 2.79 bits per heavy atom. The van der Waals surface area contributed by atoms with E-state index in [0.29, 0.717) is 18.0 Å². The van der Waals surface area contributed by atoms with Gasteiger partial charge in [-0.3, -0.25) is 0 Å². The van der Waals surface area contributed by atoms with Crippen molar-refractivity contribution in [3.8, 4) is 0 Å². The van der Waals surface area contributed by atoms with Crippen LogP contribution in [-0.2, 0) is 6.54 Å². The topological polar surface area (TPSA) is 66.5 Å². The second kappa shape index (κ2) is 4.85. The first-order chi connectivity index (χ1) is 9.22. The van der Waals surface area contributed by atoms with Crippen LogP contribution in [0.15, 0.2) is 30.6 Å². The molecule has 0 unspecified atom stereocenters. The summed E-state index contributed by atoms with van der Waals surface area (Å²) in [4.78, 5) is 15.8. The minimum atomic E-state index is 0.668. The third-order valence-electron chi connectivity index (χ3n) is 2.77. The van der Waals surface area contributed by atoms with Crippen molar-refractivity contribution in [3.05, 3.63) is 47.0 Å². The molecule has 0 aliphatic heterocycles. The van der Waals surface area contributed by atoms with E-state index in [2.05, 4.69) is 25.3 Å². The Hall–Kier alpha value is -2.14. The molecular formula is C13H12ClN5. The van der Waals surface area contributed by atoms with E-state index in [-0.39, 0.29) is 0 Å². The summed E-state index contributed by atoms with van der Waals surface area (Å²) in [6, 6.07) is 7.70. The van der Waals surface area contributed by atoms with Crippen LogP contribution in [0.3, 0.4) is 0 Å². The normalized spacial score (nSPS) is 10.8. The van der Waals surface area contributed by atoms with Crippen molar-refractivity contribution < 1.29 is 0 Å². The molecule has 0 aliphatic rings. The third-order valence-corrected chi connectivity index (χ3v) is 3.02. The zero-order valence-corrected chi connectivity index (χ0v) is 11.1. The lowest BCUT2D eigenvalue weighted by atomic mass is 10.2. The molecule has 5 nitrogen and oxygen atoms in total. The van der Waals surface area contributed by atoms with Crippen LogP contribution in [0, 0.1) is 6.92 Å². The fourth-order valence-electron chi connectivity index (χ4n) is 1.86. The van der Waals surface area contributed by atoms with Gasteiger partial charge >= 0.3 is 0 Å². The van der Waals surface area contributed by atoms with Crippen molar-refractivity contribution in [1.29, 1.82) is 0 Å². The van der Waals surface area contributed by atoms with Crippen molar-refractivity contribution in [2.75, 3.05) is 5.32 Å². The first kappa shape index (κ1) is 11.9. The summed E-state index contributed by atoms with van der Waals surface area (Å²) in [5.41, 5.74) is 2.62. The van der Waals surface area contributed by atoms with Crippen molar-refractivity contribution in [1.82, 2.24) is 19.9 Å². The van der Waals surface area contributed by atoms with Gasteiger partial charge in [-0.1, -0.05) is 23.7 Å². The van der Waals surface area contributed by atoms with Crippen LogP contribution in [0.2, 0.25) is 5.02 Å². The highest BCUT2D eigenvalue weighted by Crippen LogP contribution is 2.17. The predicted molar refractivity (Wildman–Crippen MR) is 75.2 cm³/mol. The van der Waals surface area contributed by atoms with Crippen LogP contribution in [0.5, 0.6) is 0 Å². The van der Waals surface area contributed by atoms with Crippen LogP contribution in [0.1, 0.15) is 11.4 Å². The van der Waals surface area contributed by atoms with Gasteiger partial charge in [-0.05, 0) is 24.6 Å². The lowest BCUT2D eigenvalue weighted by molar-refractivity contribution is 1.04. The first-order valence-electron chi connectivity index (χ1n) is 5.88. The average Bonchev–Trinajstić information content (AvgIpc) is 2.85. The van der Waals surface area contributed by atoms with Crippen LogP contribution in [0.4, 0.5) is 5.82 Å². The number of H-pyrrole nitrogens is 1. The Balaban J connectivity index is 1.85. The SMILES string of the molecule is Cc1nc(NCc2ccc(Cl)cc2)c2[nH]cnc2n1. The highest BCUT2D eigenvalue weighted by Gasteiger charge is 2.07. The molecule has 2 aromatic heterocycles. The van der Waals surface area contributed by atoms with Crippen LogP contribution in [0.25, 0.3) is 11.2 Å². The number of aromatic nitrogens is 4. The number of aryl methyl sites for hydroxylation is 1. The van der Waals surface area contributed by atoms with E-state index in [0.717, 1.165) is 21.9 Å². The summed E-state index contributed by atoms with van der Waals surface area (Å²) in [5.74, 6) is 1.45. The standard InChI is InChI=1S/C13H12ClN5/c1-8-18-12(11-13(19-8)17-7-16-11)15-6-9-2-4-10(14)5-3-9/h2-5,7H,6H2,1H3,(H2,15,16,17,18,19). The van der Waals surface area contributed by atoms with Gasteiger partial charge in [-0.15, -0.1) is 0 Å². The predicted octanol–water partition coefficient (Wildman–Crippen LogP) is 2.93. The number of rotatable bonds is 3. The highest BCUT2D eigenvalue weighted by molar-refractivity contribution is 6.30. The Labute approximate surface area is 115 Å². The molecule has 96 valence electrons. The van der Waals surface area contributed by atoms with Crippen molar-refractivity contribution >= 4 is 28.6 Å². The van der Waals surface area contributed by atoms with Gasteiger partial charge in [0.05, 0.1) is 6.33 Å². The monoisotopic (exact) mass is 273 g/mol. The van der Waals surface area contributed by atoms with Gasteiger partial charge < -0.3 is 10.3 Å². The molecule has 0 amide bonds. The fourth-order valence-corrected chi connectivity index (χ4v) is 1.98. The largest absolute Gasteiger partial charge is 0.364 e. The number of aromatic amines is 1. The Morgan fingerprint density at radius 1 is 1.21 bits per heavy atom. The molecule has 0 radical (unpaired) electrons. The van der Waals surface area contributed by atoms with E-state index in [1.165, 1.54) is 0 Å². The van der Waals surface area contributed by atoms with Gasteiger partial charge in [0.15, 0.2) is 11.5 Å². The second-order valence-electron chi connectivity index (χ2n) is 4.20. The Bertz CT molecular complexity index is 705. The molecule has 0 atom stereocenters. The molecule has 3 rings (SSSR count). The molecule has 6 heteroatoms. The van der Waals surface area contributed by atoms with Gasteiger partial charge in [0, 0.05) is 11.6 Å². The van der Waals surface area contributed by atoms with E-state index in [4.69, 9.17) is 11.6 Å². The lowest BCUT2D eigenvalue weighted by Gasteiger charge is -2.07. The summed E-state index contributed by atoms with van der Waals surface area (Å²) < 4.78 is 0. The molecule has 1 aromatic carbocycles. The molecule has 0 bridgehead atoms. The molecular weight excluding hydrogens is 262 g/mol. The number of hydrogen-bond donors (Lipinski definition) is 2. The highest BCUT2D eigenvalue weighted by atomic mass is 35.5. The van der Waals surface area contributed by atoms with Gasteiger partial charge in [-0.25, -0.2) is 15.0 Å². The smallest absolute Gasteiger partial charge is 0.183 e. The van der Waals surface area contributed by atoms with Gasteiger partial charge in [-0.2, -0.15) is 0 Å². The molecule has 2 N–H and O–H groups in total. The minimum Gasteiger partial charge on any atom is -0.364 e. The van der Waals surface area contributed by atoms with E-state index >= 15 is 0 Å². The molecule has 2 heterocycles. The van der Waals surface area contributed by atoms with Gasteiger partial charge in [0.2, 0.25) is 0 Å². The molecule has 0 fully saturated rings. The maximum Gasteiger partial charge on any atom is 0.183 e. The molecule has 3 aromatic rings. The summed E-state index contributed by atoms with van der Waals surface area (Å²) in [5, 5.41) is 4.02. The van der Waals surface area contributed by atoms with E-state index < -0.39 is 0 Å². The Morgan fingerprint density at radius 2 is 2.00 bits per heavy atom. The molecule has 0 saturated carbocycles. The Kier molecular flexibility index (Phi) is 3.05. The quantitative estimate of drug-likeness (QED) is 0.770. The summed E-state index contributed by atoms with van der Waals surface area (Å²) in [6.07, 6.45) is 1.62. The van der Waals surface area contributed by atoms with Crippen molar-refractivity contribution in [3.63, 3.8) is 0 Å². The minimum absolute atomic E-state index is 0.668. The third kappa shape index (κ3) is 2.51. The summed E-state index contributed by atoms with van der Waals surface area (Å²) in [7, 11) is 0. The number of benzene rings is 1.